The molecule has 17 unspecified atom stereocenters. The molecule has 19 nitrogen and oxygen atoms in total. The van der Waals surface area contributed by atoms with E-state index in [2.05, 4.69) is 31.3 Å². The van der Waals surface area contributed by atoms with Gasteiger partial charge in [0, 0.05) is 6.42 Å². The highest BCUT2D eigenvalue weighted by Crippen LogP contribution is 2.33. The van der Waals surface area contributed by atoms with E-state index in [0.717, 1.165) is 51.4 Å². The third-order valence-corrected chi connectivity index (χ3v) is 13.0. The molecule has 3 aliphatic heterocycles. The van der Waals surface area contributed by atoms with Crippen molar-refractivity contribution in [2.45, 2.75) is 253 Å². The molecule has 398 valence electrons. The van der Waals surface area contributed by atoms with Crippen LogP contribution in [-0.4, -0.2) is 193 Å². The number of allylic oxidation sites excluding steroid dienone is 3. The van der Waals surface area contributed by atoms with E-state index in [-0.39, 0.29) is 18.9 Å². The fourth-order valence-electron chi connectivity index (χ4n) is 8.67. The Balaban J connectivity index is 1.54. The molecule has 19 heteroatoms. The first-order valence-electron chi connectivity index (χ1n) is 25.6. The quantitative estimate of drug-likeness (QED) is 0.0317. The number of hydrogen-bond donors (Lipinski definition) is 12. The molecule has 3 rings (SSSR count). The Kier molecular flexibility index (Phi) is 30.8. The van der Waals surface area contributed by atoms with E-state index in [4.69, 9.17) is 28.4 Å². The Bertz CT molecular complexity index is 1360. The van der Waals surface area contributed by atoms with Crippen LogP contribution in [0.3, 0.4) is 0 Å². The van der Waals surface area contributed by atoms with Gasteiger partial charge in [0.15, 0.2) is 18.9 Å². The Morgan fingerprint density at radius 2 is 0.941 bits per heavy atom. The van der Waals surface area contributed by atoms with Gasteiger partial charge in [0.05, 0.1) is 38.6 Å². The van der Waals surface area contributed by atoms with E-state index in [1.54, 1.807) is 6.08 Å². The van der Waals surface area contributed by atoms with E-state index in [1.165, 1.54) is 64.2 Å². The second-order valence-corrected chi connectivity index (χ2v) is 18.6. The summed E-state index contributed by atoms with van der Waals surface area (Å²) < 4.78 is 34.0. The van der Waals surface area contributed by atoms with Crippen molar-refractivity contribution in [1.82, 2.24) is 5.32 Å². The molecule has 0 aromatic carbocycles. The van der Waals surface area contributed by atoms with Gasteiger partial charge in [0.2, 0.25) is 5.91 Å². The smallest absolute Gasteiger partial charge is 0.220 e. The van der Waals surface area contributed by atoms with Gasteiger partial charge in [-0.2, -0.15) is 0 Å². The molecule has 3 heterocycles. The van der Waals surface area contributed by atoms with Crippen LogP contribution in [0.1, 0.15) is 149 Å². The molecular formula is C49H89NO18. The van der Waals surface area contributed by atoms with Crippen molar-refractivity contribution in [2.75, 3.05) is 26.4 Å². The van der Waals surface area contributed by atoms with E-state index in [1.807, 2.05) is 6.08 Å². The van der Waals surface area contributed by atoms with Crippen molar-refractivity contribution in [3.63, 3.8) is 0 Å². The predicted octanol–water partition coefficient (Wildman–Crippen LogP) is 1.64. The predicted molar refractivity (Wildman–Crippen MR) is 250 cm³/mol. The first kappa shape index (κ1) is 60.6. The maximum atomic E-state index is 13.1. The summed E-state index contributed by atoms with van der Waals surface area (Å²) in [5, 5.41) is 119. The van der Waals surface area contributed by atoms with Crippen LogP contribution in [0.4, 0.5) is 0 Å². The average molecular weight is 980 g/mol. The minimum absolute atomic E-state index is 0.234. The summed E-state index contributed by atoms with van der Waals surface area (Å²) in [6, 6.07) is -0.981. The van der Waals surface area contributed by atoms with Gasteiger partial charge in [0.1, 0.15) is 73.2 Å². The van der Waals surface area contributed by atoms with Gasteiger partial charge in [-0.3, -0.25) is 4.79 Å². The summed E-state index contributed by atoms with van der Waals surface area (Å²) in [6.07, 6.45) is 3.76. The van der Waals surface area contributed by atoms with Crippen LogP contribution >= 0.6 is 0 Å². The number of aliphatic hydroxyl groups is 11. The molecule has 12 N–H and O–H groups in total. The largest absolute Gasteiger partial charge is 0.394 e. The van der Waals surface area contributed by atoms with Crippen molar-refractivity contribution in [3.05, 3.63) is 24.3 Å². The minimum Gasteiger partial charge on any atom is -0.394 e. The van der Waals surface area contributed by atoms with Crippen molar-refractivity contribution in [2.24, 2.45) is 0 Å². The number of carbonyl (C=O) groups excluding carboxylic acids is 1. The van der Waals surface area contributed by atoms with Gasteiger partial charge in [-0.1, -0.05) is 134 Å². The lowest BCUT2D eigenvalue weighted by Gasteiger charge is -2.48. The molecule has 3 aliphatic rings. The molecular weight excluding hydrogens is 891 g/mol. The molecule has 0 bridgehead atoms. The topological polar surface area (TPSA) is 307 Å². The lowest BCUT2D eigenvalue weighted by Crippen LogP contribution is -2.66. The second-order valence-electron chi connectivity index (χ2n) is 18.6. The number of rotatable bonds is 35. The maximum absolute atomic E-state index is 13.1. The highest BCUT2D eigenvalue weighted by atomic mass is 16.8. The van der Waals surface area contributed by atoms with Crippen LogP contribution in [0.15, 0.2) is 24.3 Å². The number of amides is 1. The summed E-state index contributed by atoms with van der Waals surface area (Å²) in [5.41, 5.74) is 0. The fourth-order valence-corrected chi connectivity index (χ4v) is 8.67. The molecule has 1 amide bonds. The van der Waals surface area contributed by atoms with Crippen LogP contribution < -0.4 is 5.32 Å². The lowest BCUT2D eigenvalue weighted by molar-refractivity contribution is -0.379. The van der Waals surface area contributed by atoms with Gasteiger partial charge in [-0.05, 0) is 32.1 Å². The molecule has 0 aromatic rings. The third kappa shape index (κ3) is 20.4. The van der Waals surface area contributed by atoms with Gasteiger partial charge >= 0.3 is 0 Å². The lowest BCUT2D eigenvalue weighted by atomic mass is 9.96. The Morgan fingerprint density at radius 3 is 1.47 bits per heavy atom. The van der Waals surface area contributed by atoms with E-state index in [9.17, 15) is 61.0 Å². The first-order chi connectivity index (χ1) is 32.8. The molecule has 0 spiro atoms. The van der Waals surface area contributed by atoms with Crippen LogP contribution in [0, 0.1) is 0 Å². The third-order valence-electron chi connectivity index (χ3n) is 13.0. The summed E-state index contributed by atoms with van der Waals surface area (Å²) >= 11 is 0. The SMILES string of the molecule is CCCCCCCCCCCCC/C=C/CC/C=C/C(O)C(COC1OC(CO)C(OC2OC(CO)C(OC3OC(CO)C(O)C(O)C3O)C(O)C2O)C(O)C1O)NC(=O)CCCCCCCC. The highest BCUT2D eigenvalue weighted by molar-refractivity contribution is 5.76. The molecule has 0 aliphatic carbocycles. The zero-order chi connectivity index (χ0) is 49.8. The van der Waals surface area contributed by atoms with E-state index in [0.29, 0.717) is 12.8 Å². The standard InChI is InChI=1S/C49H89NO18/c1-3-5-7-9-11-12-13-14-15-16-17-18-19-20-21-22-24-26-33(54)32(50-37(55)27-25-23-10-8-6-4-2)31-63-47-43(61)40(58)45(35(29-52)65-47)68-49-44(62)41(59)46(36(30-53)66-49)67-48-42(60)39(57)38(56)34(28-51)64-48/h19-20,24,26,32-36,38-49,51-54,56-62H,3-18,21-23,25,27-31H2,1-2H3,(H,50,55)/b20-19+,26-24+. The fraction of sp³-hybridized carbons (Fsp3) is 0.898. The van der Waals surface area contributed by atoms with Crippen LogP contribution in [0.5, 0.6) is 0 Å². The van der Waals surface area contributed by atoms with Gasteiger partial charge in [-0.25, -0.2) is 0 Å². The summed E-state index contributed by atoms with van der Waals surface area (Å²) in [4.78, 5) is 13.1. The van der Waals surface area contributed by atoms with Crippen molar-refractivity contribution < 1.29 is 89.4 Å². The second kappa shape index (κ2) is 34.6. The molecule has 3 fully saturated rings. The highest BCUT2D eigenvalue weighted by Gasteiger charge is 2.53. The molecule has 0 radical (unpaired) electrons. The first-order valence-corrected chi connectivity index (χ1v) is 25.6. The zero-order valence-corrected chi connectivity index (χ0v) is 40.6. The van der Waals surface area contributed by atoms with Gasteiger partial charge in [0.25, 0.3) is 0 Å². The number of hydrogen-bond acceptors (Lipinski definition) is 18. The normalized spacial score (nSPS) is 33.3. The van der Waals surface area contributed by atoms with Gasteiger partial charge < -0.3 is 89.9 Å². The number of nitrogens with one attached hydrogen (secondary N) is 1. The summed E-state index contributed by atoms with van der Waals surface area (Å²) in [7, 11) is 0. The van der Waals surface area contributed by atoms with Gasteiger partial charge in [-0.15, -0.1) is 0 Å². The van der Waals surface area contributed by atoms with Crippen molar-refractivity contribution >= 4 is 5.91 Å². The van der Waals surface area contributed by atoms with E-state index < -0.39 is 124 Å². The molecule has 0 saturated carbocycles. The Hall–Kier alpha value is -1.73. The van der Waals surface area contributed by atoms with Crippen molar-refractivity contribution in [3.8, 4) is 0 Å². The molecule has 68 heavy (non-hydrogen) atoms. The number of carbonyl (C=O) groups is 1. The molecule has 0 aromatic heterocycles. The Morgan fingerprint density at radius 1 is 0.515 bits per heavy atom. The van der Waals surface area contributed by atoms with Crippen LogP contribution in [0.25, 0.3) is 0 Å². The molecule has 3 saturated heterocycles. The molecule has 17 atom stereocenters. The number of aliphatic hydroxyl groups excluding tert-OH is 11. The monoisotopic (exact) mass is 980 g/mol. The Labute approximate surface area is 403 Å². The zero-order valence-electron chi connectivity index (χ0n) is 40.6. The van der Waals surface area contributed by atoms with Crippen LogP contribution in [-0.2, 0) is 33.2 Å². The van der Waals surface area contributed by atoms with Crippen molar-refractivity contribution in [1.29, 1.82) is 0 Å². The van der Waals surface area contributed by atoms with E-state index >= 15 is 0 Å². The number of ether oxygens (including phenoxy) is 6. The summed E-state index contributed by atoms with van der Waals surface area (Å²) in [6.45, 7) is 1.58. The summed E-state index contributed by atoms with van der Waals surface area (Å²) in [5.74, 6) is -0.297. The minimum atomic E-state index is -1.98. The average Bonchev–Trinajstić information content (AvgIpc) is 3.33. The maximum Gasteiger partial charge on any atom is 0.220 e. The van der Waals surface area contributed by atoms with Crippen LogP contribution in [0.2, 0.25) is 0 Å². The number of unbranched alkanes of at least 4 members (excludes halogenated alkanes) is 17.